The van der Waals surface area contributed by atoms with Gasteiger partial charge >= 0.3 is 0 Å². The number of nitrogens with two attached hydrogens (primary N) is 1. The summed E-state index contributed by atoms with van der Waals surface area (Å²) in [5.41, 5.74) is 11.6. The number of piperidine rings is 1. The third-order valence-corrected chi connectivity index (χ3v) is 4.64. The molecule has 118 valence electrons. The molecular formula is C18H26N4. The zero-order valence-electron chi connectivity index (χ0n) is 13.9. The predicted molar refractivity (Wildman–Crippen MR) is 94.8 cm³/mol. The molecule has 2 aromatic rings. The van der Waals surface area contributed by atoms with Crippen molar-refractivity contribution in [3.05, 3.63) is 29.5 Å². The summed E-state index contributed by atoms with van der Waals surface area (Å²) in [6.45, 7) is 4.93. The zero-order valence-corrected chi connectivity index (χ0v) is 13.9. The Bertz CT molecular complexity index is 672. The van der Waals surface area contributed by atoms with E-state index in [9.17, 15) is 0 Å². The molecule has 22 heavy (non-hydrogen) atoms. The van der Waals surface area contributed by atoms with Crippen molar-refractivity contribution in [2.24, 2.45) is 5.73 Å². The number of rotatable bonds is 3. The molecule has 0 unspecified atom stereocenters. The Balaban J connectivity index is 2.15. The Morgan fingerprint density at radius 2 is 1.91 bits per heavy atom. The van der Waals surface area contributed by atoms with E-state index in [2.05, 4.69) is 49.0 Å². The molecule has 2 heterocycles. The lowest BCUT2D eigenvalue weighted by atomic mass is 10.0. The summed E-state index contributed by atoms with van der Waals surface area (Å²) in [7, 11) is 4.19. The van der Waals surface area contributed by atoms with Crippen molar-refractivity contribution in [3.8, 4) is 0 Å². The Kier molecular flexibility index (Phi) is 4.21. The first-order chi connectivity index (χ1) is 10.6. The Morgan fingerprint density at radius 3 is 2.55 bits per heavy atom. The van der Waals surface area contributed by atoms with Gasteiger partial charge in [0.05, 0.1) is 16.9 Å². The minimum atomic E-state index is 0.483. The molecule has 0 radical (unpaired) electrons. The standard InChI is InChI=1S/C18H26N4/c1-13-17(12-19)20-16-8-7-14(22-9-5-4-6-10-22)11-15(16)18(13)21(2)3/h7-8,11H,4-6,9-10,12,19H2,1-3H3. The van der Waals surface area contributed by atoms with Crippen LogP contribution in [0.3, 0.4) is 0 Å². The third-order valence-electron chi connectivity index (χ3n) is 4.64. The second-order valence-electron chi connectivity index (χ2n) is 6.38. The normalized spacial score (nSPS) is 15.4. The summed E-state index contributed by atoms with van der Waals surface area (Å²) in [4.78, 5) is 9.43. The zero-order chi connectivity index (χ0) is 15.7. The monoisotopic (exact) mass is 298 g/mol. The maximum absolute atomic E-state index is 5.87. The van der Waals surface area contributed by atoms with E-state index < -0.39 is 0 Å². The maximum atomic E-state index is 5.87. The molecule has 0 bridgehead atoms. The van der Waals surface area contributed by atoms with Crippen molar-refractivity contribution in [2.45, 2.75) is 32.7 Å². The Morgan fingerprint density at radius 1 is 1.18 bits per heavy atom. The van der Waals surface area contributed by atoms with Gasteiger partial charge in [0.25, 0.3) is 0 Å². The van der Waals surface area contributed by atoms with Crippen LogP contribution in [0.25, 0.3) is 10.9 Å². The summed E-state index contributed by atoms with van der Waals surface area (Å²) in [6.07, 6.45) is 3.94. The quantitative estimate of drug-likeness (QED) is 0.946. The average molecular weight is 298 g/mol. The first-order valence-corrected chi connectivity index (χ1v) is 8.17. The van der Waals surface area contributed by atoms with E-state index in [1.54, 1.807) is 0 Å². The van der Waals surface area contributed by atoms with E-state index in [1.165, 1.54) is 41.6 Å². The minimum absolute atomic E-state index is 0.483. The second-order valence-corrected chi connectivity index (χ2v) is 6.38. The van der Waals surface area contributed by atoms with E-state index in [-0.39, 0.29) is 0 Å². The molecule has 2 N–H and O–H groups in total. The largest absolute Gasteiger partial charge is 0.377 e. The Labute approximate surface area is 132 Å². The predicted octanol–water partition coefficient (Wildman–Crippen LogP) is 3.06. The van der Waals surface area contributed by atoms with Gasteiger partial charge in [-0.2, -0.15) is 0 Å². The molecule has 4 heteroatoms. The number of hydrogen-bond acceptors (Lipinski definition) is 4. The molecule has 0 aliphatic carbocycles. The van der Waals surface area contributed by atoms with Gasteiger partial charge in [-0.3, -0.25) is 4.98 Å². The third kappa shape index (κ3) is 2.63. The van der Waals surface area contributed by atoms with Crippen molar-refractivity contribution >= 4 is 22.3 Å². The smallest absolute Gasteiger partial charge is 0.0728 e. The number of fused-ring (bicyclic) bond motifs is 1. The van der Waals surface area contributed by atoms with Gasteiger partial charge in [-0.15, -0.1) is 0 Å². The molecule has 1 aliphatic rings. The molecule has 4 nitrogen and oxygen atoms in total. The van der Waals surface area contributed by atoms with Crippen LogP contribution in [-0.4, -0.2) is 32.2 Å². The van der Waals surface area contributed by atoms with Crippen LogP contribution in [0, 0.1) is 6.92 Å². The summed E-state index contributed by atoms with van der Waals surface area (Å²) < 4.78 is 0. The van der Waals surface area contributed by atoms with Gasteiger partial charge in [-0.05, 0) is 49.9 Å². The first-order valence-electron chi connectivity index (χ1n) is 8.17. The molecule has 1 aliphatic heterocycles. The molecule has 0 saturated carbocycles. The molecule has 1 fully saturated rings. The lowest BCUT2D eigenvalue weighted by Gasteiger charge is -2.29. The molecule has 1 saturated heterocycles. The van der Waals surface area contributed by atoms with Crippen LogP contribution in [0.4, 0.5) is 11.4 Å². The van der Waals surface area contributed by atoms with Crippen LogP contribution in [0.15, 0.2) is 18.2 Å². The van der Waals surface area contributed by atoms with E-state index in [0.717, 1.165) is 24.3 Å². The number of pyridine rings is 1. The van der Waals surface area contributed by atoms with Gasteiger partial charge < -0.3 is 15.5 Å². The number of aromatic nitrogens is 1. The molecule has 1 aromatic carbocycles. The highest BCUT2D eigenvalue weighted by atomic mass is 15.1. The summed E-state index contributed by atoms with van der Waals surface area (Å²) in [6, 6.07) is 6.65. The van der Waals surface area contributed by atoms with Crippen molar-refractivity contribution in [1.29, 1.82) is 0 Å². The van der Waals surface area contributed by atoms with Crippen molar-refractivity contribution < 1.29 is 0 Å². The van der Waals surface area contributed by atoms with Crippen LogP contribution < -0.4 is 15.5 Å². The van der Waals surface area contributed by atoms with Crippen molar-refractivity contribution in [2.75, 3.05) is 37.0 Å². The van der Waals surface area contributed by atoms with Crippen molar-refractivity contribution in [1.82, 2.24) is 4.98 Å². The van der Waals surface area contributed by atoms with Crippen molar-refractivity contribution in [3.63, 3.8) is 0 Å². The number of hydrogen-bond donors (Lipinski definition) is 1. The lowest BCUT2D eigenvalue weighted by molar-refractivity contribution is 0.578. The summed E-state index contributed by atoms with van der Waals surface area (Å²) >= 11 is 0. The fourth-order valence-corrected chi connectivity index (χ4v) is 3.50. The number of anilines is 2. The fraction of sp³-hybridized carbons (Fsp3) is 0.500. The van der Waals surface area contributed by atoms with Crippen LogP contribution in [0.5, 0.6) is 0 Å². The van der Waals surface area contributed by atoms with E-state index >= 15 is 0 Å². The van der Waals surface area contributed by atoms with Crippen LogP contribution in [-0.2, 0) is 6.54 Å². The summed E-state index contributed by atoms with van der Waals surface area (Å²) in [5, 5.41) is 1.22. The van der Waals surface area contributed by atoms with Gasteiger partial charge in [0.15, 0.2) is 0 Å². The van der Waals surface area contributed by atoms with Gasteiger partial charge in [0.2, 0.25) is 0 Å². The highest BCUT2D eigenvalue weighted by Gasteiger charge is 2.16. The molecular weight excluding hydrogens is 272 g/mol. The Hall–Kier alpha value is -1.81. The minimum Gasteiger partial charge on any atom is -0.377 e. The van der Waals surface area contributed by atoms with E-state index in [0.29, 0.717) is 6.54 Å². The average Bonchev–Trinajstić information content (AvgIpc) is 2.54. The highest BCUT2D eigenvalue weighted by Crippen LogP contribution is 2.33. The molecule has 3 rings (SSSR count). The number of benzene rings is 1. The van der Waals surface area contributed by atoms with Crippen LogP contribution in [0.2, 0.25) is 0 Å². The maximum Gasteiger partial charge on any atom is 0.0728 e. The SMILES string of the molecule is Cc1c(CN)nc2ccc(N3CCCCC3)cc2c1N(C)C. The van der Waals surface area contributed by atoms with Gasteiger partial charge in [-0.25, -0.2) is 0 Å². The highest BCUT2D eigenvalue weighted by molar-refractivity contribution is 5.96. The molecule has 0 spiro atoms. The fourth-order valence-electron chi connectivity index (χ4n) is 3.50. The molecule has 1 aromatic heterocycles. The van der Waals surface area contributed by atoms with Gasteiger partial charge in [0, 0.05) is 44.8 Å². The van der Waals surface area contributed by atoms with E-state index in [1.807, 2.05) is 0 Å². The van der Waals surface area contributed by atoms with Crippen LogP contribution >= 0.6 is 0 Å². The number of nitrogens with zero attached hydrogens (tertiary/aromatic N) is 3. The van der Waals surface area contributed by atoms with Gasteiger partial charge in [-0.1, -0.05) is 0 Å². The second kappa shape index (κ2) is 6.13. The first kappa shape index (κ1) is 15.1. The van der Waals surface area contributed by atoms with E-state index in [4.69, 9.17) is 10.7 Å². The van der Waals surface area contributed by atoms with Gasteiger partial charge in [0.1, 0.15) is 0 Å². The molecule has 0 amide bonds. The lowest BCUT2D eigenvalue weighted by Crippen LogP contribution is -2.29. The topological polar surface area (TPSA) is 45.4 Å². The summed E-state index contributed by atoms with van der Waals surface area (Å²) in [5.74, 6) is 0. The molecule has 0 atom stereocenters. The van der Waals surface area contributed by atoms with Crippen LogP contribution in [0.1, 0.15) is 30.5 Å².